The minimum Gasteiger partial charge on any atom is -0.463 e. The topological polar surface area (TPSA) is 52.2 Å². The lowest BCUT2D eigenvalue weighted by molar-refractivity contribution is -0.176. The van der Waals surface area contributed by atoms with Gasteiger partial charge in [-0.15, -0.1) is 0 Å². The van der Waals surface area contributed by atoms with Gasteiger partial charge in [0, 0.05) is 11.8 Å². The predicted molar refractivity (Wildman–Crippen MR) is 75.1 cm³/mol. The van der Waals surface area contributed by atoms with Crippen molar-refractivity contribution in [2.75, 3.05) is 13.2 Å². The van der Waals surface area contributed by atoms with Crippen LogP contribution in [0.4, 0.5) is 0 Å². The molecule has 0 radical (unpaired) electrons. The van der Waals surface area contributed by atoms with Gasteiger partial charge < -0.3 is 14.4 Å². The highest BCUT2D eigenvalue weighted by Gasteiger charge is 2.72. The number of esters is 1. The highest BCUT2D eigenvalue weighted by molar-refractivity contribution is 6.02. The van der Waals surface area contributed by atoms with Crippen molar-refractivity contribution < 1.29 is 14.4 Å². The molecule has 0 bridgehead atoms. The molecule has 0 N–H and O–H groups in total. The van der Waals surface area contributed by atoms with Crippen molar-refractivity contribution in [2.24, 2.45) is 16.0 Å². The molecule has 20 heavy (non-hydrogen) atoms. The maximum absolute atomic E-state index is 12.5. The van der Waals surface area contributed by atoms with Crippen molar-refractivity contribution in [3.8, 4) is 0 Å². The molecule has 5 heteroatoms. The summed E-state index contributed by atoms with van der Waals surface area (Å²) in [6, 6.07) is 0. The Morgan fingerprint density at radius 3 is 2.75 bits per heavy atom. The molecule has 5 nitrogen and oxygen atoms in total. The van der Waals surface area contributed by atoms with Crippen molar-refractivity contribution in [3.05, 3.63) is 11.4 Å². The number of carbonyl (C=O) groups is 1. The van der Waals surface area contributed by atoms with Gasteiger partial charge in [0.15, 0.2) is 0 Å². The Kier molecular flexibility index (Phi) is 3.53. The van der Waals surface area contributed by atoms with Crippen LogP contribution in [0.1, 0.15) is 47.0 Å². The molecule has 0 amide bonds. The molecule has 0 aromatic rings. The van der Waals surface area contributed by atoms with E-state index in [1.165, 1.54) is 0 Å². The molecule has 2 atom stereocenters. The zero-order valence-corrected chi connectivity index (χ0v) is 12.7. The molecule has 110 valence electrons. The predicted octanol–water partition coefficient (Wildman–Crippen LogP) is 2.81. The summed E-state index contributed by atoms with van der Waals surface area (Å²) in [5, 5.41) is 4.23. The van der Waals surface area contributed by atoms with Gasteiger partial charge in [0.25, 0.3) is 5.60 Å². The molecule has 1 heterocycles. The Hall–Kier alpha value is -1.57. The van der Waals surface area contributed by atoms with E-state index in [9.17, 15) is 4.79 Å². The van der Waals surface area contributed by atoms with Crippen molar-refractivity contribution >= 4 is 11.7 Å². The van der Waals surface area contributed by atoms with Crippen LogP contribution >= 0.6 is 0 Å². The van der Waals surface area contributed by atoms with Crippen LogP contribution in [-0.4, -0.2) is 30.4 Å². The molecule has 0 aromatic heterocycles. The van der Waals surface area contributed by atoms with E-state index in [4.69, 9.17) is 16.1 Å². The van der Waals surface area contributed by atoms with E-state index in [1.54, 1.807) is 6.92 Å². The average Bonchev–Trinajstić information content (AvgIpc) is 2.82. The number of fused-ring (bicyclic) bond motifs is 1. The fourth-order valence-electron chi connectivity index (χ4n) is 3.59. The minimum atomic E-state index is -1.09. The van der Waals surface area contributed by atoms with Crippen molar-refractivity contribution in [3.63, 3.8) is 0 Å². The lowest BCUT2D eigenvalue weighted by Gasteiger charge is -2.35. The molecule has 0 aromatic carbocycles. The first-order chi connectivity index (χ1) is 9.34. The second kappa shape index (κ2) is 4.76. The number of nitrogens with zero attached hydrogens (tertiary/aromatic N) is 2. The fraction of sp³-hybridized carbons (Fsp3) is 0.800. The number of hydrogen-bond acceptors (Lipinski definition) is 4. The Balaban J connectivity index is 2.50. The van der Waals surface area contributed by atoms with E-state index in [-0.39, 0.29) is 17.9 Å². The number of rotatable bonds is 3. The maximum Gasteiger partial charge on any atom is 0.354 e. The highest BCUT2D eigenvalue weighted by atomic mass is 16.7. The van der Waals surface area contributed by atoms with Crippen LogP contribution in [0.3, 0.4) is 0 Å². The lowest BCUT2D eigenvalue weighted by atomic mass is 9.64. The standard InChI is InChI=1S/C15H22N2O3/c1-6-19-12(18)15-9-7-8-14(15,10-16-5)11(17-20-15)13(2,3)4/h6-10H2,1-4H3. The Morgan fingerprint density at radius 2 is 2.20 bits per heavy atom. The van der Waals surface area contributed by atoms with Crippen molar-refractivity contribution in [1.29, 1.82) is 0 Å². The van der Waals surface area contributed by atoms with Gasteiger partial charge in [-0.3, -0.25) is 0 Å². The fourth-order valence-corrected chi connectivity index (χ4v) is 3.59. The van der Waals surface area contributed by atoms with Gasteiger partial charge in [-0.25, -0.2) is 11.4 Å². The molecular weight excluding hydrogens is 256 g/mol. The van der Waals surface area contributed by atoms with Crippen LogP contribution in [-0.2, 0) is 14.4 Å². The molecule has 1 aliphatic heterocycles. The molecule has 2 unspecified atom stereocenters. The van der Waals surface area contributed by atoms with Crippen LogP contribution in [0.25, 0.3) is 4.85 Å². The Bertz CT molecular complexity index is 486. The van der Waals surface area contributed by atoms with E-state index >= 15 is 0 Å². The summed E-state index contributed by atoms with van der Waals surface area (Å²) in [5.41, 5.74) is -1.12. The van der Waals surface area contributed by atoms with Crippen LogP contribution in [0.2, 0.25) is 0 Å². The van der Waals surface area contributed by atoms with E-state index in [0.717, 1.165) is 18.6 Å². The summed E-state index contributed by atoms with van der Waals surface area (Å²) >= 11 is 0. The minimum absolute atomic E-state index is 0.224. The first-order valence-corrected chi connectivity index (χ1v) is 7.11. The summed E-state index contributed by atoms with van der Waals surface area (Å²) in [5.74, 6) is -0.371. The zero-order chi connectivity index (χ0) is 15.0. The maximum atomic E-state index is 12.5. The molecule has 1 saturated carbocycles. The number of ether oxygens (including phenoxy) is 1. The number of carbonyl (C=O) groups excluding carboxylic acids is 1. The van der Waals surface area contributed by atoms with Gasteiger partial charge in [0.1, 0.15) is 5.41 Å². The van der Waals surface area contributed by atoms with Crippen LogP contribution < -0.4 is 0 Å². The summed E-state index contributed by atoms with van der Waals surface area (Å²) in [4.78, 5) is 21.7. The average molecular weight is 278 g/mol. The lowest BCUT2D eigenvalue weighted by Crippen LogP contribution is -2.56. The monoisotopic (exact) mass is 278 g/mol. The van der Waals surface area contributed by atoms with E-state index in [1.807, 2.05) is 20.8 Å². The van der Waals surface area contributed by atoms with Crippen LogP contribution in [0.15, 0.2) is 5.16 Å². The largest absolute Gasteiger partial charge is 0.463 e. The van der Waals surface area contributed by atoms with E-state index < -0.39 is 11.0 Å². The van der Waals surface area contributed by atoms with Gasteiger partial charge in [0.2, 0.25) is 6.54 Å². The molecule has 2 rings (SSSR count). The normalized spacial score (nSPS) is 32.0. The second-order valence-corrected chi connectivity index (χ2v) is 6.58. The Labute approximate surface area is 120 Å². The van der Waals surface area contributed by atoms with Crippen LogP contribution in [0.5, 0.6) is 0 Å². The third-order valence-electron chi connectivity index (χ3n) is 4.32. The van der Waals surface area contributed by atoms with Gasteiger partial charge in [-0.1, -0.05) is 25.9 Å². The summed E-state index contributed by atoms with van der Waals surface area (Å²) in [7, 11) is 0. The first-order valence-electron chi connectivity index (χ1n) is 7.11. The van der Waals surface area contributed by atoms with Gasteiger partial charge in [0.05, 0.1) is 12.3 Å². The summed E-state index contributed by atoms with van der Waals surface area (Å²) in [6.07, 6.45) is 2.18. The smallest absolute Gasteiger partial charge is 0.354 e. The SMILES string of the molecule is [C-]#[N+]CC12CCCC1(C(=O)OCC)ON=C2C(C)(C)C. The third kappa shape index (κ3) is 1.81. The summed E-state index contributed by atoms with van der Waals surface area (Å²) < 4.78 is 5.22. The highest BCUT2D eigenvalue weighted by Crippen LogP contribution is 2.57. The van der Waals surface area contributed by atoms with E-state index in [0.29, 0.717) is 13.0 Å². The van der Waals surface area contributed by atoms with Gasteiger partial charge >= 0.3 is 5.97 Å². The number of hydrogen-bond donors (Lipinski definition) is 0. The summed E-state index contributed by atoms with van der Waals surface area (Å²) in [6.45, 7) is 15.7. The molecular formula is C15H22N2O3. The van der Waals surface area contributed by atoms with Crippen molar-refractivity contribution in [2.45, 2.75) is 52.6 Å². The van der Waals surface area contributed by atoms with Gasteiger partial charge in [-0.2, -0.15) is 0 Å². The third-order valence-corrected chi connectivity index (χ3v) is 4.32. The zero-order valence-electron chi connectivity index (χ0n) is 12.7. The molecule has 1 aliphatic carbocycles. The van der Waals surface area contributed by atoms with Crippen LogP contribution in [0, 0.1) is 17.4 Å². The number of oxime groups is 1. The molecule has 2 aliphatic rings. The molecule has 0 saturated heterocycles. The second-order valence-electron chi connectivity index (χ2n) is 6.58. The Morgan fingerprint density at radius 1 is 1.50 bits per heavy atom. The quantitative estimate of drug-likeness (QED) is 0.589. The first kappa shape index (κ1) is 14.8. The molecule has 0 spiro atoms. The molecule has 1 fully saturated rings. The van der Waals surface area contributed by atoms with Crippen molar-refractivity contribution in [1.82, 2.24) is 0 Å². The van der Waals surface area contributed by atoms with Gasteiger partial charge in [-0.05, 0) is 19.8 Å². The van der Waals surface area contributed by atoms with E-state index in [2.05, 4.69) is 10.0 Å².